The second-order valence-corrected chi connectivity index (χ2v) is 23.1. The molecule has 0 aromatic carbocycles. The Kier molecular flexibility index (Phi) is 62.6. The number of allylic oxidation sites excluding steroid dienone is 4. The first kappa shape index (κ1) is 72.9. The minimum atomic E-state index is -0.764. The van der Waals surface area contributed by atoms with E-state index in [2.05, 4.69) is 45.1 Å². The average Bonchev–Trinajstić information content (AvgIpc) is 3.41. The molecule has 0 heterocycles. The molecule has 1 unspecified atom stereocenters. The van der Waals surface area contributed by atoms with E-state index in [0.29, 0.717) is 19.3 Å². The molecule has 0 rings (SSSR count). The molecule has 75 heavy (non-hydrogen) atoms. The lowest BCUT2D eigenvalue weighted by molar-refractivity contribution is -0.167. The second-order valence-electron chi connectivity index (χ2n) is 23.1. The maximum absolute atomic E-state index is 12.9. The van der Waals surface area contributed by atoms with Crippen LogP contribution in [0.3, 0.4) is 0 Å². The summed E-state index contributed by atoms with van der Waals surface area (Å²) in [6, 6.07) is 0. The predicted molar refractivity (Wildman–Crippen MR) is 326 cm³/mol. The molecule has 0 N–H and O–H groups in total. The van der Waals surface area contributed by atoms with Crippen molar-refractivity contribution in [3.05, 3.63) is 24.3 Å². The highest BCUT2D eigenvalue weighted by Crippen LogP contribution is 2.18. The van der Waals surface area contributed by atoms with Crippen LogP contribution in [0.25, 0.3) is 0 Å². The van der Waals surface area contributed by atoms with E-state index in [1.54, 1.807) is 0 Å². The first-order chi connectivity index (χ1) is 37.0. The first-order valence-corrected chi connectivity index (χ1v) is 33.8. The zero-order chi connectivity index (χ0) is 54.3. The summed E-state index contributed by atoms with van der Waals surface area (Å²) in [5.41, 5.74) is 0. The van der Waals surface area contributed by atoms with Crippen molar-refractivity contribution in [1.29, 1.82) is 0 Å². The van der Waals surface area contributed by atoms with Crippen molar-refractivity contribution in [3.63, 3.8) is 0 Å². The predicted octanol–water partition coefficient (Wildman–Crippen LogP) is 23.0. The van der Waals surface area contributed by atoms with Crippen molar-refractivity contribution in [1.82, 2.24) is 0 Å². The Hall–Kier alpha value is -2.11. The third kappa shape index (κ3) is 62.6. The van der Waals surface area contributed by atoms with E-state index < -0.39 is 6.10 Å². The highest BCUT2D eigenvalue weighted by Gasteiger charge is 2.19. The molecule has 1 atom stereocenters. The molecule has 0 aromatic heterocycles. The zero-order valence-electron chi connectivity index (χ0n) is 50.8. The Morgan fingerprint density at radius 3 is 0.733 bits per heavy atom. The fourth-order valence-corrected chi connectivity index (χ4v) is 10.4. The van der Waals surface area contributed by atoms with E-state index in [-0.39, 0.29) is 31.1 Å². The molecular weight excluding hydrogens is 925 g/mol. The average molecular weight is 1060 g/mol. The lowest BCUT2D eigenvalue weighted by Gasteiger charge is -2.18. The fraction of sp³-hybridized carbons (Fsp3) is 0.899. The van der Waals surface area contributed by atoms with E-state index >= 15 is 0 Å². The van der Waals surface area contributed by atoms with Crippen LogP contribution < -0.4 is 0 Å². The van der Waals surface area contributed by atoms with Gasteiger partial charge < -0.3 is 14.2 Å². The van der Waals surface area contributed by atoms with Crippen LogP contribution in [0, 0.1) is 0 Å². The van der Waals surface area contributed by atoms with Gasteiger partial charge in [0, 0.05) is 19.3 Å². The lowest BCUT2D eigenvalue weighted by atomic mass is 10.0. The molecule has 0 aliphatic carbocycles. The van der Waals surface area contributed by atoms with Crippen LogP contribution in [0.2, 0.25) is 0 Å². The molecule has 0 saturated heterocycles. The van der Waals surface area contributed by atoms with Crippen LogP contribution in [0.15, 0.2) is 24.3 Å². The molecule has 6 nitrogen and oxygen atoms in total. The third-order valence-corrected chi connectivity index (χ3v) is 15.5. The molecule has 0 radical (unpaired) electrons. The van der Waals surface area contributed by atoms with Crippen molar-refractivity contribution in [2.75, 3.05) is 13.2 Å². The molecule has 0 spiro atoms. The van der Waals surface area contributed by atoms with Crippen LogP contribution in [0.4, 0.5) is 0 Å². The lowest BCUT2D eigenvalue weighted by Crippen LogP contribution is -2.30. The number of carbonyl (C=O) groups is 3. The van der Waals surface area contributed by atoms with E-state index in [0.717, 1.165) is 64.2 Å². The van der Waals surface area contributed by atoms with E-state index in [1.807, 2.05) is 0 Å². The number of esters is 3. The topological polar surface area (TPSA) is 78.9 Å². The minimum absolute atomic E-state index is 0.0646. The fourth-order valence-electron chi connectivity index (χ4n) is 10.4. The van der Waals surface area contributed by atoms with E-state index in [9.17, 15) is 14.4 Å². The Labute approximate surface area is 468 Å². The summed E-state index contributed by atoms with van der Waals surface area (Å²) in [4.78, 5) is 38.1. The summed E-state index contributed by atoms with van der Waals surface area (Å²) < 4.78 is 16.9. The van der Waals surface area contributed by atoms with Gasteiger partial charge in [0.2, 0.25) is 0 Å². The van der Waals surface area contributed by atoms with Crippen LogP contribution >= 0.6 is 0 Å². The SMILES string of the molecule is CCCCCCC/C=C\C/C=C\CCCCCCCCCCCCCCCCCCCC(=O)OCC(COC(=O)CCCCCCCCC)OC(=O)CCCCCCCCCCCCCCCCCCCCCCC. The number of hydrogen-bond donors (Lipinski definition) is 0. The molecule has 0 aliphatic heterocycles. The summed E-state index contributed by atoms with van der Waals surface area (Å²) in [6.07, 6.45) is 78.0. The number of carbonyl (C=O) groups excluding carboxylic acids is 3. The van der Waals surface area contributed by atoms with E-state index in [1.165, 1.54) is 276 Å². The molecule has 0 amide bonds. The van der Waals surface area contributed by atoms with Crippen molar-refractivity contribution in [2.45, 2.75) is 386 Å². The maximum atomic E-state index is 12.9. The van der Waals surface area contributed by atoms with Gasteiger partial charge >= 0.3 is 17.9 Å². The standard InChI is InChI=1S/C69H130O6/c1-4-7-10-13-16-18-20-22-24-26-28-30-31-32-33-34-35-36-37-39-40-42-44-46-48-50-53-56-59-62-68(71)74-65-66(64-73-67(70)61-58-55-52-15-12-9-6-3)75-69(72)63-60-57-54-51-49-47-45-43-41-38-29-27-25-23-21-19-17-14-11-8-5-2/h20,22,26,28,66H,4-19,21,23-25,27,29-65H2,1-3H3/b22-20-,28-26-. The molecule has 0 aromatic rings. The zero-order valence-corrected chi connectivity index (χ0v) is 50.8. The second kappa shape index (κ2) is 64.4. The number of rotatable bonds is 63. The first-order valence-electron chi connectivity index (χ1n) is 33.8. The Balaban J connectivity index is 4.02. The number of ether oxygens (including phenoxy) is 3. The summed E-state index contributed by atoms with van der Waals surface area (Å²) >= 11 is 0. The molecule has 0 bridgehead atoms. The van der Waals surface area contributed by atoms with Crippen molar-refractivity contribution in [2.24, 2.45) is 0 Å². The summed E-state index contributed by atoms with van der Waals surface area (Å²) in [6.45, 7) is 6.66. The normalized spacial score (nSPS) is 12.1. The van der Waals surface area contributed by atoms with Crippen molar-refractivity contribution < 1.29 is 28.6 Å². The summed E-state index contributed by atoms with van der Waals surface area (Å²) in [7, 11) is 0. The number of hydrogen-bond acceptors (Lipinski definition) is 6. The Morgan fingerprint density at radius 2 is 0.480 bits per heavy atom. The van der Waals surface area contributed by atoms with Gasteiger partial charge in [0.25, 0.3) is 0 Å². The monoisotopic (exact) mass is 1050 g/mol. The van der Waals surface area contributed by atoms with Gasteiger partial charge in [-0.05, 0) is 51.4 Å². The van der Waals surface area contributed by atoms with E-state index in [4.69, 9.17) is 14.2 Å². The van der Waals surface area contributed by atoms with Gasteiger partial charge in [0.15, 0.2) is 6.10 Å². The van der Waals surface area contributed by atoms with Crippen molar-refractivity contribution in [3.8, 4) is 0 Å². The van der Waals surface area contributed by atoms with Gasteiger partial charge in [-0.1, -0.05) is 334 Å². The van der Waals surface area contributed by atoms with Crippen LogP contribution in [-0.4, -0.2) is 37.2 Å². The molecule has 0 aliphatic rings. The quantitative estimate of drug-likeness (QED) is 0.0261. The van der Waals surface area contributed by atoms with Crippen LogP contribution in [0.1, 0.15) is 380 Å². The van der Waals surface area contributed by atoms with Gasteiger partial charge in [0.05, 0.1) is 0 Å². The smallest absolute Gasteiger partial charge is 0.306 e. The van der Waals surface area contributed by atoms with Gasteiger partial charge in [0.1, 0.15) is 13.2 Å². The summed E-state index contributed by atoms with van der Waals surface area (Å²) in [5.74, 6) is -0.843. The largest absolute Gasteiger partial charge is 0.462 e. The molecule has 0 saturated carbocycles. The molecular formula is C69H130O6. The molecule has 6 heteroatoms. The Morgan fingerprint density at radius 1 is 0.267 bits per heavy atom. The maximum Gasteiger partial charge on any atom is 0.306 e. The highest BCUT2D eigenvalue weighted by molar-refractivity contribution is 5.71. The van der Waals surface area contributed by atoms with Crippen LogP contribution in [0.5, 0.6) is 0 Å². The van der Waals surface area contributed by atoms with Crippen molar-refractivity contribution >= 4 is 17.9 Å². The van der Waals surface area contributed by atoms with Gasteiger partial charge in [-0.2, -0.15) is 0 Å². The van der Waals surface area contributed by atoms with Gasteiger partial charge in [-0.25, -0.2) is 0 Å². The minimum Gasteiger partial charge on any atom is -0.462 e. The number of unbranched alkanes of at least 4 members (excludes halogenated alkanes) is 48. The summed E-state index contributed by atoms with van der Waals surface area (Å²) in [5, 5.41) is 0. The molecule has 442 valence electrons. The third-order valence-electron chi connectivity index (χ3n) is 15.5. The van der Waals surface area contributed by atoms with Gasteiger partial charge in [-0.3, -0.25) is 14.4 Å². The van der Waals surface area contributed by atoms with Gasteiger partial charge in [-0.15, -0.1) is 0 Å². The van der Waals surface area contributed by atoms with Crippen LogP contribution in [-0.2, 0) is 28.6 Å². The molecule has 0 fully saturated rings. The highest BCUT2D eigenvalue weighted by atomic mass is 16.6. The Bertz CT molecular complexity index is 1210.